The van der Waals surface area contributed by atoms with Crippen LogP contribution in [-0.2, 0) is 19.6 Å². The van der Waals surface area contributed by atoms with E-state index >= 15 is 0 Å². The van der Waals surface area contributed by atoms with Crippen LogP contribution < -0.4 is 9.62 Å². The molecule has 1 unspecified atom stereocenters. The Hall–Kier alpha value is -3.73. The number of carbonyl (C=O) groups excluding carboxylic acids is 2. The van der Waals surface area contributed by atoms with E-state index in [1.54, 1.807) is 36.4 Å². The topological polar surface area (TPSA) is 108 Å². The number of esters is 1. The Balaban J connectivity index is 1.78. The van der Waals surface area contributed by atoms with E-state index in [2.05, 4.69) is 5.32 Å². The minimum Gasteiger partial charge on any atom is -0.465 e. The number of ether oxygens (including phenoxy) is 1. The SMILES string of the molecule is COC(=O)c1ccc2c(c1)NC(=O)C2C(=Nc1ccc(N(CCN(C)C)S(C)(=O)=O)c(Cl)c1)c1ccccc1. The second-order valence-electron chi connectivity index (χ2n) is 9.35. The van der Waals surface area contributed by atoms with Gasteiger partial charge in [0.05, 0.1) is 41.0 Å². The van der Waals surface area contributed by atoms with Gasteiger partial charge in [-0.1, -0.05) is 48.0 Å². The maximum atomic E-state index is 13.2. The highest BCUT2D eigenvalue weighted by Gasteiger charge is 2.36. The number of hydrogen-bond acceptors (Lipinski definition) is 7. The predicted octanol–water partition coefficient (Wildman–Crippen LogP) is 4.31. The first-order valence-electron chi connectivity index (χ1n) is 12.1. The lowest BCUT2D eigenvalue weighted by atomic mass is 9.90. The number of aliphatic imine (C=N–C) groups is 1. The molecule has 1 amide bonds. The van der Waals surface area contributed by atoms with Crippen molar-refractivity contribution in [3.8, 4) is 0 Å². The van der Waals surface area contributed by atoms with Crippen molar-refractivity contribution in [1.29, 1.82) is 0 Å². The molecule has 39 heavy (non-hydrogen) atoms. The molecule has 11 heteroatoms. The van der Waals surface area contributed by atoms with Crippen LogP contribution in [0.2, 0.25) is 5.02 Å². The number of carbonyl (C=O) groups is 2. The standard InChI is InChI=1S/C28H29ClN4O5S/c1-32(2)14-15-33(39(4,36)37)24-13-11-20(17-22(24)29)30-26(18-8-6-5-7-9-18)25-21-12-10-19(28(35)38-3)16-23(21)31-27(25)34/h5-13,16-17,25H,14-15H2,1-4H3,(H,31,34). The monoisotopic (exact) mass is 568 g/mol. The first kappa shape index (κ1) is 28.3. The Kier molecular flexibility index (Phi) is 8.39. The molecule has 204 valence electrons. The van der Waals surface area contributed by atoms with Crippen molar-refractivity contribution in [2.75, 3.05) is 50.2 Å². The van der Waals surface area contributed by atoms with Crippen molar-refractivity contribution in [2.45, 2.75) is 5.92 Å². The molecule has 1 N–H and O–H groups in total. The number of amides is 1. The van der Waals surface area contributed by atoms with Crippen molar-refractivity contribution < 1.29 is 22.7 Å². The van der Waals surface area contributed by atoms with Crippen LogP contribution in [0.1, 0.15) is 27.4 Å². The molecular weight excluding hydrogens is 540 g/mol. The number of sulfonamides is 1. The van der Waals surface area contributed by atoms with Gasteiger partial charge in [-0.3, -0.25) is 14.1 Å². The maximum absolute atomic E-state index is 13.2. The number of nitrogens with zero attached hydrogens (tertiary/aromatic N) is 3. The Bertz CT molecular complexity index is 1540. The van der Waals surface area contributed by atoms with Gasteiger partial charge in [0.1, 0.15) is 5.92 Å². The number of halogens is 1. The van der Waals surface area contributed by atoms with E-state index in [4.69, 9.17) is 21.3 Å². The summed E-state index contributed by atoms with van der Waals surface area (Å²) >= 11 is 6.59. The van der Waals surface area contributed by atoms with Crippen LogP contribution in [0.4, 0.5) is 17.1 Å². The summed E-state index contributed by atoms with van der Waals surface area (Å²) in [6.07, 6.45) is 1.14. The molecule has 9 nitrogen and oxygen atoms in total. The Labute approximate surface area is 233 Å². The highest BCUT2D eigenvalue weighted by molar-refractivity contribution is 7.92. The molecule has 0 saturated heterocycles. The summed E-state index contributed by atoms with van der Waals surface area (Å²) < 4.78 is 31.1. The van der Waals surface area contributed by atoms with Gasteiger partial charge in [-0.2, -0.15) is 0 Å². The maximum Gasteiger partial charge on any atom is 0.337 e. The zero-order valence-electron chi connectivity index (χ0n) is 22.0. The molecular formula is C28H29ClN4O5S. The quantitative estimate of drug-likeness (QED) is 0.304. The predicted molar refractivity (Wildman–Crippen MR) is 154 cm³/mol. The third-order valence-corrected chi connectivity index (χ3v) is 7.73. The average Bonchev–Trinajstić information content (AvgIpc) is 3.22. The van der Waals surface area contributed by atoms with E-state index in [-0.39, 0.29) is 17.5 Å². The van der Waals surface area contributed by atoms with Gasteiger partial charge in [0.2, 0.25) is 15.9 Å². The first-order chi connectivity index (χ1) is 18.5. The lowest BCUT2D eigenvalue weighted by Gasteiger charge is -2.25. The summed E-state index contributed by atoms with van der Waals surface area (Å²) in [6, 6.07) is 19.1. The summed E-state index contributed by atoms with van der Waals surface area (Å²) in [5.41, 5.74) is 3.51. The molecule has 0 bridgehead atoms. The molecule has 3 aromatic carbocycles. The molecule has 1 heterocycles. The van der Waals surface area contributed by atoms with Crippen LogP contribution in [-0.4, -0.2) is 71.5 Å². The van der Waals surface area contributed by atoms with Crippen molar-refractivity contribution >= 4 is 56.3 Å². The van der Waals surface area contributed by atoms with E-state index in [1.165, 1.54) is 11.4 Å². The van der Waals surface area contributed by atoms with Gasteiger partial charge < -0.3 is 15.0 Å². The lowest BCUT2D eigenvalue weighted by molar-refractivity contribution is -0.115. The summed E-state index contributed by atoms with van der Waals surface area (Å²) in [7, 11) is 1.44. The zero-order chi connectivity index (χ0) is 28.3. The van der Waals surface area contributed by atoms with Gasteiger partial charge in [-0.05, 0) is 55.6 Å². The fraction of sp³-hybridized carbons (Fsp3) is 0.250. The number of benzene rings is 3. The van der Waals surface area contributed by atoms with Crippen LogP contribution in [0.5, 0.6) is 0 Å². The van der Waals surface area contributed by atoms with Crippen LogP contribution in [0.25, 0.3) is 0 Å². The highest BCUT2D eigenvalue weighted by atomic mass is 35.5. The smallest absolute Gasteiger partial charge is 0.337 e. The average molecular weight is 569 g/mol. The van der Waals surface area contributed by atoms with Crippen molar-refractivity contribution in [3.05, 3.63) is 88.4 Å². The van der Waals surface area contributed by atoms with Gasteiger partial charge >= 0.3 is 5.97 Å². The van der Waals surface area contributed by atoms with Crippen molar-refractivity contribution in [1.82, 2.24) is 4.90 Å². The van der Waals surface area contributed by atoms with Gasteiger partial charge in [0, 0.05) is 18.8 Å². The fourth-order valence-electron chi connectivity index (χ4n) is 4.35. The van der Waals surface area contributed by atoms with Gasteiger partial charge in [-0.25, -0.2) is 13.2 Å². The lowest BCUT2D eigenvalue weighted by Crippen LogP contribution is -2.36. The summed E-state index contributed by atoms with van der Waals surface area (Å²) in [4.78, 5) is 31.9. The Morgan fingerprint density at radius 1 is 1.03 bits per heavy atom. The second-order valence-corrected chi connectivity index (χ2v) is 11.7. The number of methoxy groups -OCH3 is 1. The third-order valence-electron chi connectivity index (χ3n) is 6.25. The minimum atomic E-state index is -3.58. The Morgan fingerprint density at radius 3 is 2.36 bits per heavy atom. The minimum absolute atomic E-state index is 0.215. The normalized spacial score (nSPS) is 15.2. The Morgan fingerprint density at radius 2 is 1.74 bits per heavy atom. The van der Waals surface area contributed by atoms with E-state index in [1.807, 2.05) is 49.3 Å². The molecule has 1 aliphatic rings. The number of fused-ring (bicyclic) bond motifs is 1. The first-order valence-corrected chi connectivity index (χ1v) is 14.3. The zero-order valence-corrected chi connectivity index (χ0v) is 23.6. The molecule has 0 fully saturated rings. The van der Waals surface area contributed by atoms with Crippen molar-refractivity contribution in [2.24, 2.45) is 4.99 Å². The van der Waals surface area contributed by atoms with Crippen molar-refractivity contribution in [3.63, 3.8) is 0 Å². The fourth-order valence-corrected chi connectivity index (χ4v) is 5.60. The van der Waals surface area contributed by atoms with Crippen LogP contribution in [0.15, 0.2) is 71.7 Å². The summed E-state index contributed by atoms with van der Waals surface area (Å²) in [5.74, 6) is -1.54. The molecule has 0 aromatic heterocycles. The second kappa shape index (κ2) is 11.6. The van der Waals surface area contributed by atoms with Crippen LogP contribution in [0.3, 0.4) is 0 Å². The van der Waals surface area contributed by atoms with Gasteiger partial charge in [0.25, 0.3) is 0 Å². The van der Waals surface area contributed by atoms with E-state index < -0.39 is 21.9 Å². The molecule has 4 rings (SSSR count). The molecule has 1 aliphatic heterocycles. The van der Waals surface area contributed by atoms with E-state index in [0.717, 1.165) is 11.8 Å². The summed E-state index contributed by atoms with van der Waals surface area (Å²) in [5, 5.41) is 3.06. The largest absolute Gasteiger partial charge is 0.465 e. The third kappa shape index (κ3) is 6.30. The number of rotatable bonds is 9. The number of likely N-dealkylation sites (N-methyl/N-ethyl adjacent to an activating group) is 1. The van der Waals surface area contributed by atoms with Crippen LogP contribution in [0, 0.1) is 0 Å². The number of anilines is 2. The number of nitrogens with one attached hydrogen (secondary N) is 1. The molecule has 3 aromatic rings. The molecule has 0 radical (unpaired) electrons. The molecule has 0 aliphatic carbocycles. The van der Waals surface area contributed by atoms with Gasteiger partial charge in [0.15, 0.2) is 0 Å². The number of hydrogen-bond donors (Lipinski definition) is 1. The molecule has 0 saturated carbocycles. The van der Waals surface area contributed by atoms with E-state index in [9.17, 15) is 18.0 Å². The van der Waals surface area contributed by atoms with Gasteiger partial charge in [-0.15, -0.1) is 0 Å². The highest BCUT2D eigenvalue weighted by Crippen LogP contribution is 2.38. The summed E-state index contributed by atoms with van der Waals surface area (Å²) in [6.45, 7) is 0.741. The van der Waals surface area contributed by atoms with Crippen LogP contribution >= 0.6 is 11.6 Å². The molecule has 0 spiro atoms. The van der Waals surface area contributed by atoms with E-state index in [0.29, 0.717) is 40.4 Å². The molecule has 1 atom stereocenters.